The Kier molecular flexibility index (Phi) is 6.55. The van der Waals surface area contributed by atoms with Crippen molar-refractivity contribution in [1.82, 2.24) is 14.9 Å². The van der Waals surface area contributed by atoms with E-state index in [4.69, 9.17) is 12.2 Å². The summed E-state index contributed by atoms with van der Waals surface area (Å²) in [6.07, 6.45) is 11.4. The van der Waals surface area contributed by atoms with Gasteiger partial charge in [-0.05, 0) is 112 Å². The lowest BCUT2D eigenvalue weighted by Crippen LogP contribution is -2.55. The highest BCUT2D eigenvalue weighted by atomic mass is 79.9. The maximum Gasteiger partial charge on any atom is 0.262 e. The zero-order chi connectivity index (χ0) is 23.2. The molecule has 7 heteroatoms. The number of fused-ring (bicyclic) bond motifs is 1. The maximum atomic E-state index is 12.8. The average Bonchev–Trinajstić information content (AvgIpc) is 2.75. The molecule has 4 fully saturated rings. The summed E-state index contributed by atoms with van der Waals surface area (Å²) >= 11 is 8.84. The van der Waals surface area contributed by atoms with Crippen LogP contribution >= 0.6 is 28.1 Å². The molecule has 4 bridgehead atoms. The van der Waals surface area contributed by atoms with Gasteiger partial charge in [-0.1, -0.05) is 22.4 Å². The van der Waals surface area contributed by atoms with Crippen LogP contribution in [-0.2, 0) is 11.3 Å². The van der Waals surface area contributed by atoms with Crippen LogP contribution in [0.4, 0.5) is 0 Å². The molecule has 0 saturated heterocycles. The van der Waals surface area contributed by atoms with E-state index < -0.39 is 0 Å². The fourth-order valence-electron chi connectivity index (χ4n) is 7.33. The van der Waals surface area contributed by atoms with Gasteiger partial charge in [-0.15, -0.1) is 0 Å². The Hall–Kier alpha value is -1.47. The molecule has 0 aliphatic heterocycles. The van der Waals surface area contributed by atoms with Crippen molar-refractivity contribution in [3.63, 3.8) is 0 Å². The molecule has 1 aromatic carbocycles. The Morgan fingerprint density at radius 1 is 1.18 bits per heavy atom. The highest BCUT2D eigenvalue weighted by molar-refractivity contribution is 9.10. The number of hydrogen-bond acceptors (Lipinski definition) is 3. The largest absolute Gasteiger partial charge is 0.353 e. The monoisotopic (exact) mass is 531 g/mol. The van der Waals surface area contributed by atoms with Crippen LogP contribution in [0.3, 0.4) is 0 Å². The van der Waals surface area contributed by atoms with Crippen molar-refractivity contribution < 1.29 is 4.79 Å². The smallest absolute Gasteiger partial charge is 0.262 e. The number of nitrogens with one attached hydrogen (secondary N) is 2. The molecule has 5 nitrogen and oxygen atoms in total. The number of rotatable bonds is 8. The predicted molar refractivity (Wildman–Crippen MR) is 138 cm³/mol. The minimum absolute atomic E-state index is 0.0582. The minimum Gasteiger partial charge on any atom is -0.353 e. The number of carbonyl (C=O) groups excluding carboxylic acids is 1. The van der Waals surface area contributed by atoms with E-state index in [1.807, 2.05) is 18.2 Å². The van der Waals surface area contributed by atoms with Gasteiger partial charge in [0.05, 0.1) is 10.9 Å². The first-order valence-electron chi connectivity index (χ1n) is 12.5. The molecule has 0 spiro atoms. The molecule has 178 valence electrons. The Balaban J connectivity index is 1.10. The Bertz CT molecular complexity index is 1140. The van der Waals surface area contributed by atoms with Crippen LogP contribution in [0.25, 0.3) is 10.9 Å². The number of H-pyrrole nitrogens is 1. The van der Waals surface area contributed by atoms with Crippen molar-refractivity contribution >= 4 is 45.0 Å². The summed E-state index contributed by atoms with van der Waals surface area (Å²) in [6, 6.07) is 5.87. The van der Waals surface area contributed by atoms with Gasteiger partial charge in [0.2, 0.25) is 5.91 Å². The number of hydrogen-bond donors (Lipinski definition) is 2. The first-order chi connectivity index (χ1) is 15.8. The molecule has 4 saturated carbocycles. The number of benzene rings is 1. The number of amides is 1. The van der Waals surface area contributed by atoms with Crippen LogP contribution in [0.15, 0.2) is 27.5 Å². The third-order valence-electron chi connectivity index (χ3n) is 8.61. The van der Waals surface area contributed by atoms with Gasteiger partial charge in [0.15, 0.2) is 4.77 Å². The number of aromatic amines is 1. The predicted octanol–water partition coefficient (Wildman–Crippen LogP) is 6.10. The second-order valence-corrected chi connectivity index (χ2v) is 12.3. The van der Waals surface area contributed by atoms with Crippen LogP contribution in [0, 0.1) is 27.9 Å². The highest BCUT2D eigenvalue weighted by Crippen LogP contribution is 2.61. The number of aromatic nitrogens is 2. The summed E-state index contributed by atoms with van der Waals surface area (Å²) in [4.78, 5) is 28.7. The number of halogens is 1. The lowest BCUT2D eigenvalue weighted by Gasteiger charge is -2.59. The first kappa shape index (κ1) is 23.3. The van der Waals surface area contributed by atoms with Crippen molar-refractivity contribution in [3.8, 4) is 0 Å². The molecule has 2 aromatic rings. The van der Waals surface area contributed by atoms with Gasteiger partial charge < -0.3 is 10.3 Å². The van der Waals surface area contributed by atoms with Crippen molar-refractivity contribution in [3.05, 3.63) is 37.8 Å². The lowest BCUT2D eigenvalue weighted by atomic mass is 9.48. The third-order valence-corrected chi connectivity index (χ3v) is 9.43. The number of carbonyl (C=O) groups is 1. The molecule has 4 aliphatic rings. The summed E-state index contributed by atoms with van der Waals surface area (Å²) < 4.78 is 2.97. The van der Waals surface area contributed by atoms with E-state index in [-0.39, 0.29) is 17.5 Å². The van der Waals surface area contributed by atoms with Crippen molar-refractivity contribution in [1.29, 1.82) is 0 Å². The van der Waals surface area contributed by atoms with E-state index in [1.54, 1.807) is 4.57 Å². The zero-order valence-corrected chi connectivity index (χ0v) is 21.8. The molecular formula is C26H34BrN3O2S. The summed E-state index contributed by atoms with van der Waals surface area (Å²) in [5.74, 6) is 2.90. The number of nitrogens with zero attached hydrogens (tertiary/aromatic N) is 1. The quantitative estimate of drug-likeness (QED) is 0.319. The van der Waals surface area contributed by atoms with Crippen molar-refractivity contribution in [2.45, 2.75) is 83.7 Å². The molecule has 1 heterocycles. The average molecular weight is 533 g/mol. The van der Waals surface area contributed by atoms with E-state index in [0.29, 0.717) is 28.5 Å². The fraction of sp³-hybridized carbons (Fsp3) is 0.654. The standard InChI is InChI=1S/C26H34BrN3O2S/c1-16(26-13-17-9-18(14-26)11-19(10-17)15-26)28-23(31)5-3-2-4-8-30-24(32)21-12-20(27)6-7-22(21)29-25(30)33/h6-7,12,16-19H,2-5,8-11,13-15H2,1H3,(H,28,31)(H,29,33). The lowest BCUT2D eigenvalue weighted by molar-refractivity contribution is -0.126. The molecule has 1 aromatic heterocycles. The van der Waals surface area contributed by atoms with E-state index >= 15 is 0 Å². The molecule has 2 N–H and O–H groups in total. The Morgan fingerprint density at radius 2 is 1.85 bits per heavy atom. The summed E-state index contributed by atoms with van der Waals surface area (Å²) in [5.41, 5.74) is 1.05. The van der Waals surface area contributed by atoms with E-state index in [0.717, 1.165) is 47.0 Å². The minimum atomic E-state index is -0.0582. The van der Waals surface area contributed by atoms with Crippen LogP contribution in [0.1, 0.15) is 71.1 Å². The molecule has 0 radical (unpaired) electrons. The Morgan fingerprint density at radius 3 is 2.52 bits per heavy atom. The van der Waals surface area contributed by atoms with E-state index in [9.17, 15) is 9.59 Å². The first-order valence-corrected chi connectivity index (χ1v) is 13.7. The molecule has 1 atom stereocenters. The fourth-order valence-corrected chi connectivity index (χ4v) is 7.98. The highest BCUT2D eigenvalue weighted by Gasteiger charge is 2.53. The van der Waals surface area contributed by atoms with E-state index in [2.05, 4.69) is 33.2 Å². The molecule has 4 aliphatic carbocycles. The van der Waals surface area contributed by atoms with Crippen LogP contribution in [0.5, 0.6) is 0 Å². The third kappa shape index (κ3) is 4.72. The van der Waals surface area contributed by atoms with Gasteiger partial charge in [-0.2, -0.15) is 0 Å². The maximum absolute atomic E-state index is 12.8. The van der Waals surface area contributed by atoms with Gasteiger partial charge in [0, 0.05) is 23.5 Å². The summed E-state index contributed by atoms with van der Waals surface area (Å²) in [5, 5.41) is 4.00. The van der Waals surface area contributed by atoms with Crippen LogP contribution in [-0.4, -0.2) is 21.5 Å². The molecule has 1 unspecified atom stereocenters. The van der Waals surface area contributed by atoms with Gasteiger partial charge >= 0.3 is 0 Å². The zero-order valence-electron chi connectivity index (χ0n) is 19.4. The van der Waals surface area contributed by atoms with Crippen molar-refractivity contribution in [2.24, 2.45) is 23.2 Å². The van der Waals surface area contributed by atoms with Crippen molar-refractivity contribution in [2.75, 3.05) is 0 Å². The van der Waals surface area contributed by atoms with Gasteiger partial charge in [0.25, 0.3) is 5.56 Å². The molecule has 6 rings (SSSR count). The van der Waals surface area contributed by atoms with Crippen LogP contribution < -0.4 is 10.9 Å². The Labute approximate surface area is 208 Å². The second kappa shape index (κ2) is 9.29. The normalized spacial score (nSPS) is 28.8. The van der Waals surface area contributed by atoms with E-state index in [1.165, 1.54) is 38.5 Å². The van der Waals surface area contributed by atoms with Crippen LogP contribution in [0.2, 0.25) is 0 Å². The topological polar surface area (TPSA) is 66.9 Å². The summed E-state index contributed by atoms with van der Waals surface area (Å²) in [6.45, 7) is 2.82. The second-order valence-electron chi connectivity index (χ2n) is 11.0. The van der Waals surface area contributed by atoms with Gasteiger partial charge in [-0.25, -0.2) is 0 Å². The molecule has 33 heavy (non-hydrogen) atoms. The van der Waals surface area contributed by atoms with Gasteiger partial charge in [-0.3, -0.25) is 14.2 Å². The molecular weight excluding hydrogens is 498 g/mol. The summed E-state index contributed by atoms with van der Waals surface area (Å²) in [7, 11) is 0. The van der Waals surface area contributed by atoms with Gasteiger partial charge in [0.1, 0.15) is 0 Å². The SMILES string of the molecule is CC(NC(=O)CCCCCn1c(=S)[nH]c2ccc(Br)cc2c1=O)C12CC3CC(CC(C3)C1)C2. The number of unbranched alkanes of at least 4 members (excludes halogenated alkanes) is 2. The molecule has 1 amide bonds.